The first-order valence-corrected chi connectivity index (χ1v) is 6.94. The van der Waals surface area contributed by atoms with Crippen molar-refractivity contribution < 1.29 is 4.79 Å². The standard InChI is InChI=1S/C14H19N5O/c1-10-7-12-13(8-11(10)2)19(17-16-12)9-14(20)18-5-3-15-4-6-18/h7-8,15H,3-6,9H2,1-2H3. The maximum atomic E-state index is 12.3. The number of hydrogen-bond donors (Lipinski definition) is 1. The molecule has 0 unspecified atom stereocenters. The van der Waals surface area contributed by atoms with Crippen LogP contribution in [0.1, 0.15) is 11.1 Å². The first kappa shape index (κ1) is 13.1. The van der Waals surface area contributed by atoms with Gasteiger partial charge in [-0.3, -0.25) is 4.79 Å². The van der Waals surface area contributed by atoms with E-state index in [1.807, 2.05) is 11.0 Å². The summed E-state index contributed by atoms with van der Waals surface area (Å²) in [5.74, 6) is 0.108. The van der Waals surface area contributed by atoms with Crippen LogP contribution in [0.3, 0.4) is 0 Å². The zero-order valence-corrected chi connectivity index (χ0v) is 11.9. The monoisotopic (exact) mass is 273 g/mol. The second-order valence-electron chi connectivity index (χ2n) is 5.30. The lowest BCUT2D eigenvalue weighted by atomic mass is 10.1. The molecule has 106 valence electrons. The van der Waals surface area contributed by atoms with E-state index in [-0.39, 0.29) is 12.5 Å². The molecule has 1 aromatic heterocycles. The Morgan fingerprint density at radius 2 is 1.95 bits per heavy atom. The summed E-state index contributed by atoms with van der Waals surface area (Å²) in [5, 5.41) is 11.5. The lowest BCUT2D eigenvalue weighted by molar-refractivity contribution is -0.132. The molecular weight excluding hydrogens is 254 g/mol. The summed E-state index contributed by atoms with van der Waals surface area (Å²) in [6, 6.07) is 4.07. The van der Waals surface area contributed by atoms with Gasteiger partial charge in [0, 0.05) is 26.2 Å². The van der Waals surface area contributed by atoms with Gasteiger partial charge in [0.05, 0.1) is 5.52 Å². The maximum Gasteiger partial charge on any atom is 0.244 e. The summed E-state index contributed by atoms with van der Waals surface area (Å²) < 4.78 is 1.70. The van der Waals surface area contributed by atoms with Gasteiger partial charge in [-0.1, -0.05) is 5.21 Å². The summed E-state index contributed by atoms with van der Waals surface area (Å²) in [6.45, 7) is 7.64. The molecule has 2 heterocycles. The lowest BCUT2D eigenvalue weighted by Crippen LogP contribution is -2.47. The van der Waals surface area contributed by atoms with Crippen LogP contribution in [-0.2, 0) is 11.3 Å². The number of carbonyl (C=O) groups excluding carboxylic acids is 1. The van der Waals surface area contributed by atoms with Gasteiger partial charge < -0.3 is 10.2 Å². The van der Waals surface area contributed by atoms with Crippen molar-refractivity contribution in [2.45, 2.75) is 20.4 Å². The number of piperazine rings is 1. The van der Waals surface area contributed by atoms with Crippen LogP contribution in [0.15, 0.2) is 12.1 Å². The normalized spacial score (nSPS) is 15.8. The molecule has 0 bridgehead atoms. The molecule has 0 saturated carbocycles. The Labute approximate surface area is 117 Å². The average molecular weight is 273 g/mol. The maximum absolute atomic E-state index is 12.3. The molecule has 1 aromatic carbocycles. The number of aryl methyl sites for hydroxylation is 2. The highest BCUT2D eigenvalue weighted by Gasteiger charge is 2.18. The fraction of sp³-hybridized carbons (Fsp3) is 0.500. The zero-order chi connectivity index (χ0) is 14.1. The number of hydrogen-bond acceptors (Lipinski definition) is 4. The predicted molar refractivity (Wildman–Crippen MR) is 76.5 cm³/mol. The van der Waals surface area contributed by atoms with Crippen molar-refractivity contribution >= 4 is 16.9 Å². The second kappa shape index (κ2) is 5.20. The molecule has 6 nitrogen and oxygen atoms in total. The van der Waals surface area contributed by atoms with Crippen molar-refractivity contribution in [2.75, 3.05) is 26.2 Å². The van der Waals surface area contributed by atoms with E-state index in [1.165, 1.54) is 11.1 Å². The van der Waals surface area contributed by atoms with Crippen molar-refractivity contribution in [3.63, 3.8) is 0 Å². The molecule has 1 fully saturated rings. The Morgan fingerprint density at radius 1 is 1.25 bits per heavy atom. The fourth-order valence-electron chi connectivity index (χ4n) is 2.48. The van der Waals surface area contributed by atoms with Gasteiger partial charge in [0.2, 0.25) is 5.91 Å². The van der Waals surface area contributed by atoms with E-state index in [0.717, 1.165) is 37.2 Å². The minimum absolute atomic E-state index is 0.108. The number of nitrogens with one attached hydrogen (secondary N) is 1. The summed E-state index contributed by atoms with van der Waals surface area (Å²) >= 11 is 0. The topological polar surface area (TPSA) is 63.1 Å². The largest absolute Gasteiger partial charge is 0.339 e. The molecule has 1 amide bonds. The first-order chi connectivity index (χ1) is 9.65. The van der Waals surface area contributed by atoms with Gasteiger partial charge in [-0.2, -0.15) is 0 Å². The zero-order valence-electron chi connectivity index (χ0n) is 11.9. The average Bonchev–Trinajstić information content (AvgIpc) is 2.83. The molecule has 6 heteroatoms. The van der Waals surface area contributed by atoms with E-state index in [9.17, 15) is 4.79 Å². The number of rotatable bonds is 2. The lowest BCUT2D eigenvalue weighted by Gasteiger charge is -2.27. The van der Waals surface area contributed by atoms with Crippen LogP contribution in [0.25, 0.3) is 11.0 Å². The first-order valence-electron chi connectivity index (χ1n) is 6.94. The number of amides is 1. The molecule has 2 aromatic rings. The van der Waals surface area contributed by atoms with Crippen LogP contribution in [-0.4, -0.2) is 52.0 Å². The van der Waals surface area contributed by atoms with E-state index in [4.69, 9.17) is 0 Å². The molecule has 20 heavy (non-hydrogen) atoms. The quantitative estimate of drug-likeness (QED) is 0.864. The summed E-state index contributed by atoms with van der Waals surface area (Å²) in [6.07, 6.45) is 0. The van der Waals surface area contributed by atoms with Gasteiger partial charge in [0.15, 0.2) is 0 Å². The smallest absolute Gasteiger partial charge is 0.244 e. The molecule has 1 saturated heterocycles. The number of aromatic nitrogens is 3. The minimum atomic E-state index is 0.108. The molecule has 1 N–H and O–H groups in total. The number of nitrogens with zero attached hydrogens (tertiary/aromatic N) is 4. The van der Waals surface area contributed by atoms with E-state index < -0.39 is 0 Å². The summed E-state index contributed by atoms with van der Waals surface area (Å²) in [7, 11) is 0. The van der Waals surface area contributed by atoms with E-state index >= 15 is 0 Å². The third-order valence-corrected chi connectivity index (χ3v) is 3.88. The van der Waals surface area contributed by atoms with Gasteiger partial charge in [-0.25, -0.2) is 4.68 Å². The Morgan fingerprint density at radius 3 is 2.70 bits per heavy atom. The Kier molecular flexibility index (Phi) is 3.40. The molecular formula is C14H19N5O. The number of benzene rings is 1. The van der Waals surface area contributed by atoms with Crippen molar-refractivity contribution in [1.82, 2.24) is 25.2 Å². The van der Waals surface area contributed by atoms with Crippen molar-refractivity contribution in [1.29, 1.82) is 0 Å². The highest BCUT2D eigenvalue weighted by Crippen LogP contribution is 2.17. The summed E-state index contributed by atoms with van der Waals surface area (Å²) in [4.78, 5) is 14.2. The van der Waals surface area contributed by atoms with Crippen molar-refractivity contribution in [3.05, 3.63) is 23.3 Å². The third-order valence-electron chi connectivity index (χ3n) is 3.88. The van der Waals surface area contributed by atoms with Gasteiger partial charge >= 0.3 is 0 Å². The van der Waals surface area contributed by atoms with Crippen LogP contribution in [0.2, 0.25) is 0 Å². The van der Waals surface area contributed by atoms with Crippen molar-refractivity contribution in [2.24, 2.45) is 0 Å². The second-order valence-corrected chi connectivity index (χ2v) is 5.30. The van der Waals surface area contributed by atoms with Crippen LogP contribution in [0.4, 0.5) is 0 Å². The van der Waals surface area contributed by atoms with Crippen LogP contribution >= 0.6 is 0 Å². The SMILES string of the molecule is Cc1cc2nnn(CC(=O)N3CCNCC3)c2cc1C. The van der Waals surface area contributed by atoms with E-state index in [2.05, 4.69) is 35.5 Å². The minimum Gasteiger partial charge on any atom is -0.339 e. The van der Waals surface area contributed by atoms with Crippen LogP contribution in [0.5, 0.6) is 0 Å². The van der Waals surface area contributed by atoms with Gasteiger partial charge in [-0.15, -0.1) is 5.10 Å². The molecule has 1 aliphatic rings. The van der Waals surface area contributed by atoms with Gasteiger partial charge in [0.25, 0.3) is 0 Å². The van der Waals surface area contributed by atoms with Crippen molar-refractivity contribution in [3.8, 4) is 0 Å². The molecule has 0 aliphatic carbocycles. The van der Waals surface area contributed by atoms with Crippen LogP contribution in [0, 0.1) is 13.8 Å². The van der Waals surface area contributed by atoms with E-state index in [0.29, 0.717) is 0 Å². The van der Waals surface area contributed by atoms with E-state index in [1.54, 1.807) is 4.68 Å². The molecule has 0 radical (unpaired) electrons. The molecule has 0 atom stereocenters. The highest BCUT2D eigenvalue weighted by atomic mass is 16.2. The highest BCUT2D eigenvalue weighted by molar-refractivity contribution is 5.80. The predicted octanol–water partition coefficient (Wildman–Crippen LogP) is 0.480. The molecule has 3 rings (SSSR count). The van der Waals surface area contributed by atoms with Crippen LogP contribution < -0.4 is 5.32 Å². The number of fused-ring (bicyclic) bond motifs is 1. The molecule has 0 spiro atoms. The Hall–Kier alpha value is -1.95. The number of carbonyl (C=O) groups is 1. The van der Waals surface area contributed by atoms with Gasteiger partial charge in [0.1, 0.15) is 12.1 Å². The molecule has 1 aliphatic heterocycles. The Bertz CT molecular complexity index is 642. The summed E-state index contributed by atoms with van der Waals surface area (Å²) in [5.41, 5.74) is 4.16. The Balaban J connectivity index is 1.83. The third kappa shape index (κ3) is 2.38. The van der Waals surface area contributed by atoms with Gasteiger partial charge in [-0.05, 0) is 37.1 Å². The fourth-order valence-corrected chi connectivity index (χ4v) is 2.48.